The number of nitrogens with one attached hydrogen (secondary N) is 2. The molecule has 4 N–H and O–H groups in total. The highest BCUT2D eigenvalue weighted by atomic mass is 16.6. The number of hydrazine groups is 1. The van der Waals surface area contributed by atoms with E-state index < -0.39 is 29.6 Å². The van der Waals surface area contributed by atoms with Crippen LogP contribution in [0.25, 0.3) is 10.8 Å². The van der Waals surface area contributed by atoms with Gasteiger partial charge in [-0.25, -0.2) is 9.80 Å². The first kappa shape index (κ1) is 24.7. The summed E-state index contributed by atoms with van der Waals surface area (Å²) in [6.45, 7) is 7.09. The van der Waals surface area contributed by atoms with Gasteiger partial charge in [0.15, 0.2) is 0 Å². The summed E-state index contributed by atoms with van der Waals surface area (Å²) in [5.74, 6) is -1.01. The van der Waals surface area contributed by atoms with Crippen molar-refractivity contribution in [2.45, 2.75) is 45.9 Å². The molecule has 178 valence electrons. The molecule has 8 nitrogen and oxygen atoms in total. The number of nitrogens with zero attached hydrogens (tertiary/aromatic N) is 1. The van der Waals surface area contributed by atoms with Crippen molar-refractivity contribution in [3.8, 4) is 0 Å². The first-order valence-corrected chi connectivity index (χ1v) is 11.0. The second kappa shape index (κ2) is 10.4. The van der Waals surface area contributed by atoms with Crippen LogP contribution < -0.4 is 21.5 Å². The Balaban J connectivity index is 1.89. The highest BCUT2D eigenvalue weighted by Crippen LogP contribution is 2.22. The molecule has 0 unspecified atom stereocenters. The summed E-state index contributed by atoms with van der Waals surface area (Å²) in [4.78, 5) is 38.6. The fourth-order valence-electron chi connectivity index (χ4n) is 3.26. The van der Waals surface area contributed by atoms with Gasteiger partial charge in [-0.15, -0.1) is 0 Å². The lowest BCUT2D eigenvalue weighted by Gasteiger charge is -2.28. The average molecular weight is 463 g/mol. The molecule has 34 heavy (non-hydrogen) atoms. The molecule has 0 aromatic heterocycles. The highest BCUT2D eigenvalue weighted by molar-refractivity contribution is 6.05. The minimum absolute atomic E-state index is 0.359. The van der Waals surface area contributed by atoms with Crippen molar-refractivity contribution in [1.82, 2.24) is 10.7 Å². The van der Waals surface area contributed by atoms with Crippen molar-refractivity contribution in [3.63, 3.8) is 0 Å². The van der Waals surface area contributed by atoms with Gasteiger partial charge < -0.3 is 15.8 Å². The van der Waals surface area contributed by atoms with E-state index >= 15 is 0 Å². The van der Waals surface area contributed by atoms with Crippen LogP contribution in [0.5, 0.6) is 0 Å². The SMILES string of the molecule is C[C@@H](NC(=O)OC(C)(C)C)C(=O)N(NC(=O)c1ccc(CN)cc1)c1ccc2ccccc2c1. The van der Waals surface area contributed by atoms with Crippen LogP contribution in [0.3, 0.4) is 0 Å². The topological polar surface area (TPSA) is 114 Å². The van der Waals surface area contributed by atoms with E-state index in [2.05, 4.69) is 10.7 Å². The Bertz CT molecular complexity index is 1190. The molecule has 3 aromatic carbocycles. The number of hydrogen-bond acceptors (Lipinski definition) is 5. The predicted molar refractivity (Wildman–Crippen MR) is 132 cm³/mol. The Labute approximate surface area is 199 Å². The molecule has 0 saturated carbocycles. The number of anilines is 1. The van der Waals surface area contributed by atoms with Gasteiger partial charge in [0.1, 0.15) is 11.6 Å². The van der Waals surface area contributed by atoms with E-state index in [1.54, 1.807) is 57.2 Å². The largest absolute Gasteiger partial charge is 0.444 e. The van der Waals surface area contributed by atoms with Gasteiger partial charge in [-0.2, -0.15) is 0 Å². The van der Waals surface area contributed by atoms with Crippen molar-refractivity contribution in [1.29, 1.82) is 0 Å². The summed E-state index contributed by atoms with van der Waals surface area (Å²) in [6.07, 6.45) is -0.726. The number of nitrogens with two attached hydrogens (primary N) is 1. The summed E-state index contributed by atoms with van der Waals surface area (Å²) >= 11 is 0. The van der Waals surface area contributed by atoms with E-state index in [0.717, 1.165) is 21.3 Å². The Kier molecular flexibility index (Phi) is 7.53. The fourth-order valence-corrected chi connectivity index (χ4v) is 3.26. The zero-order valence-electron chi connectivity index (χ0n) is 19.8. The van der Waals surface area contributed by atoms with Crippen LogP contribution in [0.15, 0.2) is 66.7 Å². The molecule has 3 rings (SSSR count). The molecule has 0 fully saturated rings. The second-order valence-corrected chi connectivity index (χ2v) is 8.91. The predicted octanol–water partition coefficient (Wildman–Crippen LogP) is 3.89. The minimum atomic E-state index is -0.971. The monoisotopic (exact) mass is 462 g/mol. The third kappa shape index (κ3) is 6.32. The van der Waals surface area contributed by atoms with E-state index in [4.69, 9.17) is 10.5 Å². The van der Waals surface area contributed by atoms with Crippen molar-refractivity contribution in [2.24, 2.45) is 5.73 Å². The van der Waals surface area contributed by atoms with Crippen molar-refractivity contribution < 1.29 is 19.1 Å². The minimum Gasteiger partial charge on any atom is -0.444 e. The number of amides is 3. The summed E-state index contributed by atoms with van der Waals surface area (Å²) < 4.78 is 5.26. The normalized spacial score (nSPS) is 12.0. The number of carbonyl (C=O) groups excluding carboxylic acids is 3. The van der Waals surface area contributed by atoms with Crippen LogP contribution in [0.4, 0.5) is 10.5 Å². The van der Waals surface area contributed by atoms with E-state index in [-0.39, 0.29) is 0 Å². The third-order valence-electron chi connectivity index (χ3n) is 4.98. The molecular weight excluding hydrogens is 432 g/mol. The van der Waals surface area contributed by atoms with Gasteiger partial charge in [0, 0.05) is 12.1 Å². The van der Waals surface area contributed by atoms with Crippen molar-refractivity contribution in [3.05, 3.63) is 77.9 Å². The summed E-state index contributed by atoms with van der Waals surface area (Å²) in [5.41, 5.74) is 9.29. The maximum absolute atomic E-state index is 13.4. The Morgan fingerprint density at radius 3 is 2.24 bits per heavy atom. The van der Waals surface area contributed by atoms with Gasteiger partial charge in [-0.3, -0.25) is 15.0 Å². The first-order valence-electron chi connectivity index (χ1n) is 11.0. The molecule has 0 radical (unpaired) electrons. The lowest BCUT2D eigenvalue weighted by atomic mass is 10.1. The lowest BCUT2D eigenvalue weighted by molar-refractivity contribution is -0.120. The smallest absolute Gasteiger partial charge is 0.408 e. The Morgan fingerprint density at radius 2 is 1.62 bits per heavy atom. The second-order valence-electron chi connectivity index (χ2n) is 8.91. The van der Waals surface area contributed by atoms with Crippen LogP contribution in [-0.4, -0.2) is 29.6 Å². The Hall–Kier alpha value is -3.91. The molecule has 0 spiro atoms. The van der Waals surface area contributed by atoms with Gasteiger partial charge in [0.2, 0.25) is 0 Å². The molecule has 0 saturated heterocycles. The molecular formula is C26H30N4O4. The number of rotatable bonds is 5. The number of benzene rings is 3. The van der Waals surface area contributed by atoms with Crippen molar-refractivity contribution >= 4 is 34.4 Å². The molecule has 8 heteroatoms. The zero-order valence-corrected chi connectivity index (χ0v) is 19.8. The third-order valence-corrected chi connectivity index (χ3v) is 4.98. The molecule has 0 aliphatic carbocycles. The van der Waals surface area contributed by atoms with E-state index in [9.17, 15) is 14.4 Å². The first-order chi connectivity index (χ1) is 16.1. The number of alkyl carbamates (subject to hydrolysis) is 1. The van der Waals surface area contributed by atoms with Crippen LogP contribution in [-0.2, 0) is 16.1 Å². The van der Waals surface area contributed by atoms with E-state index in [1.165, 1.54) is 6.92 Å². The van der Waals surface area contributed by atoms with Gasteiger partial charge in [0.05, 0.1) is 5.69 Å². The molecule has 0 bridgehead atoms. The van der Waals surface area contributed by atoms with Gasteiger partial charge in [-0.05, 0) is 68.3 Å². The van der Waals surface area contributed by atoms with Gasteiger partial charge in [-0.1, -0.05) is 42.5 Å². The number of carbonyl (C=O) groups is 3. The molecule has 0 aliphatic rings. The summed E-state index contributed by atoms with van der Waals surface area (Å²) in [5, 5.41) is 5.56. The average Bonchev–Trinajstić information content (AvgIpc) is 2.80. The van der Waals surface area contributed by atoms with Crippen LogP contribution in [0.2, 0.25) is 0 Å². The van der Waals surface area contributed by atoms with Crippen LogP contribution >= 0.6 is 0 Å². The van der Waals surface area contributed by atoms with Crippen LogP contribution in [0, 0.1) is 0 Å². The van der Waals surface area contributed by atoms with Gasteiger partial charge >= 0.3 is 6.09 Å². The van der Waals surface area contributed by atoms with E-state index in [1.807, 2.05) is 30.3 Å². The molecule has 1 atom stereocenters. The van der Waals surface area contributed by atoms with Crippen LogP contribution in [0.1, 0.15) is 43.6 Å². The quantitative estimate of drug-likeness (QED) is 0.498. The van der Waals surface area contributed by atoms with Crippen molar-refractivity contribution in [2.75, 3.05) is 5.01 Å². The molecule has 3 amide bonds. The molecule has 0 aliphatic heterocycles. The maximum atomic E-state index is 13.4. The number of hydrogen-bond donors (Lipinski definition) is 3. The van der Waals surface area contributed by atoms with Gasteiger partial charge in [0.25, 0.3) is 11.8 Å². The van der Waals surface area contributed by atoms with E-state index in [0.29, 0.717) is 17.8 Å². The molecule has 0 heterocycles. The number of ether oxygens (including phenoxy) is 1. The standard InChI is InChI=1S/C26H30N4O4/c1-17(28-25(33)34-26(2,3)4)24(32)30(22-14-13-19-7-5-6-8-21(19)15-22)29-23(31)20-11-9-18(16-27)10-12-20/h5-15,17H,16,27H2,1-4H3,(H,28,33)(H,29,31)/t17-/m1/s1. The molecule has 3 aromatic rings. The summed E-state index contributed by atoms with van der Waals surface area (Å²) in [7, 11) is 0. The summed E-state index contributed by atoms with van der Waals surface area (Å²) in [6, 6.07) is 18.9. The highest BCUT2D eigenvalue weighted by Gasteiger charge is 2.27. The maximum Gasteiger partial charge on any atom is 0.408 e. The Morgan fingerprint density at radius 1 is 0.971 bits per heavy atom. The lowest BCUT2D eigenvalue weighted by Crippen LogP contribution is -2.54. The fraction of sp³-hybridized carbons (Fsp3) is 0.269. The number of fused-ring (bicyclic) bond motifs is 1. The zero-order chi connectivity index (χ0) is 24.9.